The maximum atomic E-state index is 14.3. The Labute approximate surface area is 279 Å². The van der Waals surface area contributed by atoms with Gasteiger partial charge in [0.1, 0.15) is 0 Å². The molecule has 3 heterocycles. The number of fused-ring (bicyclic) bond motifs is 2. The number of methoxy groups -OCH3 is 1. The lowest BCUT2D eigenvalue weighted by molar-refractivity contribution is -0.384. The molecule has 1 aliphatic heterocycles. The summed E-state index contributed by atoms with van der Waals surface area (Å²) in [6.45, 7) is 7.97. The van der Waals surface area contributed by atoms with Crippen LogP contribution < -0.4 is 24.4 Å². The van der Waals surface area contributed by atoms with Crippen molar-refractivity contribution in [1.82, 2.24) is 9.13 Å². The smallest absolute Gasteiger partial charge is 0.338 e. The number of aromatic nitrogens is 2. The number of benzene rings is 3. The number of esters is 1. The normalized spacial score (nSPS) is 14.6. The fourth-order valence-corrected chi connectivity index (χ4v) is 6.93. The predicted molar refractivity (Wildman–Crippen MR) is 183 cm³/mol. The summed E-state index contributed by atoms with van der Waals surface area (Å²) in [6.07, 6.45) is 3.73. The summed E-state index contributed by atoms with van der Waals surface area (Å²) in [4.78, 5) is 43.6. The Morgan fingerprint density at radius 1 is 1.10 bits per heavy atom. The zero-order valence-electron chi connectivity index (χ0n) is 27.1. The molecule has 6 rings (SSSR count). The molecule has 0 bridgehead atoms. The second kappa shape index (κ2) is 13.3. The lowest BCUT2D eigenvalue weighted by Gasteiger charge is -2.25. The number of thiazole rings is 1. The van der Waals surface area contributed by atoms with Crippen molar-refractivity contribution in [3.05, 3.63) is 131 Å². The van der Waals surface area contributed by atoms with E-state index < -0.39 is 16.9 Å². The van der Waals surface area contributed by atoms with E-state index in [9.17, 15) is 19.7 Å². The Morgan fingerprint density at radius 2 is 1.85 bits per heavy atom. The molecule has 0 unspecified atom stereocenters. The van der Waals surface area contributed by atoms with E-state index in [-0.39, 0.29) is 29.5 Å². The summed E-state index contributed by atoms with van der Waals surface area (Å²) in [7, 11) is 1.54. The number of carbonyl (C=O) groups excluding carboxylic acids is 1. The van der Waals surface area contributed by atoms with Gasteiger partial charge in [-0.25, -0.2) is 9.79 Å². The summed E-state index contributed by atoms with van der Waals surface area (Å²) in [5.74, 6) is 0.475. The molecule has 11 nitrogen and oxygen atoms in total. The average Bonchev–Trinajstić information content (AvgIpc) is 3.56. The molecule has 0 N–H and O–H groups in total. The van der Waals surface area contributed by atoms with E-state index in [4.69, 9.17) is 19.2 Å². The number of nitrogens with zero attached hydrogens (tertiary/aromatic N) is 4. The molecule has 0 radical (unpaired) electrons. The topological polar surface area (TPSA) is 127 Å². The van der Waals surface area contributed by atoms with Gasteiger partial charge in [-0.1, -0.05) is 47.7 Å². The number of allylic oxidation sites excluding steroid dienone is 1. The third-order valence-electron chi connectivity index (χ3n) is 7.99. The third kappa shape index (κ3) is 6.14. The maximum Gasteiger partial charge on any atom is 0.338 e. The maximum absolute atomic E-state index is 14.3. The van der Waals surface area contributed by atoms with Crippen molar-refractivity contribution in [3.63, 3.8) is 0 Å². The van der Waals surface area contributed by atoms with E-state index in [1.54, 1.807) is 49.8 Å². The van der Waals surface area contributed by atoms with Crippen molar-refractivity contribution in [1.29, 1.82) is 0 Å². The van der Waals surface area contributed by atoms with Crippen molar-refractivity contribution in [2.75, 3.05) is 13.7 Å². The van der Waals surface area contributed by atoms with E-state index >= 15 is 0 Å². The first-order chi connectivity index (χ1) is 23.1. The molecule has 0 amide bonds. The second-order valence-electron chi connectivity index (χ2n) is 11.5. The van der Waals surface area contributed by atoms with Crippen molar-refractivity contribution in [2.24, 2.45) is 4.99 Å². The number of nitro benzene ring substituents is 1. The number of carbonyl (C=O) groups is 1. The van der Waals surface area contributed by atoms with Gasteiger partial charge in [-0.3, -0.25) is 19.5 Å². The van der Waals surface area contributed by atoms with E-state index in [0.717, 1.165) is 22.0 Å². The van der Waals surface area contributed by atoms with Crippen LogP contribution in [-0.2, 0) is 16.1 Å². The molecule has 3 aromatic carbocycles. The number of hydrogen-bond donors (Lipinski definition) is 0. The molecule has 48 heavy (non-hydrogen) atoms. The molecule has 0 spiro atoms. The molecule has 12 heteroatoms. The fraction of sp³-hybridized carbons (Fsp3) is 0.250. The molecule has 0 saturated carbocycles. The first-order valence-electron chi connectivity index (χ1n) is 15.4. The molecule has 0 fully saturated rings. The highest BCUT2D eigenvalue weighted by Gasteiger charge is 2.34. The van der Waals surface area contributed by atoms with Gasteiger partial charge >= 0.3 is 5.97 Å². The molecule has 0 saturated heterocycles. The van der Waals surface area contributed by atoms with E-state index in [0.29, 0.717) is 38.6 Å². The molecule has 5 aromatic rings. The highest BCUT2D eigenvalue weighted by Crippen LogP contribution is 2.36. The van der Waals surface area contributed by atoms with Gasteiger partial charge in [-0.05, 0) is 63.1 Å². The Bertz CT molecular complexity index is 2260. The first kappa shape index (κ1) is 32.5. The zero-order chi connectivity index (χ0) is 34.1. The Balaban J connectivity index is 1.48. The van der Waals surface area contributed by atoms with Gasteiger partial charge in [0.2, 0.25) is 0 Å². The van der Waals surface area contributed by atoms with E-state index in [1.807, 2.05) is 56.5 Å². The van der Waals surface area contributed by atoms with Crippen molar-refractivity contribution in [2.45, 2.75) is 46.4 Å². The standard InChI is InChI=1S/C36H34N4O7S/c1-6-46-35(42)32-22(4)37-36-39(33(32)24-13-16-29(47-21(2)3)30(17-24)45-5)34(41)31(48-36)18-25-20-38(28-10-8-7-9-27(25)28)19-23-11-14-26(15-12-23)40(43)44/h7-18,20-21,33H,6,19H2,1-5H3/b31-18+/t33-/m1/s1. The number of nitro groups is 1. The molecule has 2 aromatic heterocycles. The van der Waals surface area contributed by atoms with Crippen LogP contribution in [0.2, 0.25) is 0 Å². The average molecular weight is 667 g/mol. The predicted octanol–water partition coefficient (Wildman–Crippen LogP) is 5.51. The highest BCUT2D eigenvalue weighted by atomic mass is 32.1. The summed E-state index contributed by atoms with van der Waals surface area (Å²) in [6, 6.07) is 18.9. The largest absolute Gasteiger partial charge is 0.493 e. The van der Waals surface area contributed by atoms with Crippen LogP contribution in [0, 0.1) is 10.1 Å². The van der Waals surface area contributed by atoms with Crippen molar-refractivity contribution in [3.8, 4) is 11.5 Å². The van der Waals surface area contributed by atoms with Gasteiger partial charge in [0.05, 0.1) is 46.6 Å². The quantitative estimate of drug-likeness (QED) is 0.109. The van der Waals surface area contributed by atoms with E-state index in [2.05, 4.69) is 4.57 Å². The van der Waals surface area contributed by atoms with Gasteiger partial charge in [0, 0.05) is 41.3 Å². The third-order valence-corrected chi connectivity index (χ3v) is 8.97. The van der Waals surface area contributed by atoms with Gasteiger partial charge in [0.15, 0.2) is 16.3 Å². The minimum atomic E-state index is -0.812. The van der Waals surface area contributed by atoms with Crippen LogP contribution >= 0.6 is 11.3 Å². The lowest BCUT2D eigenvalue weighted by atomic mass is 9.95. The molecule has 1 atom stereocenters. The SMILES string of the molecule is CCOC(=O)C1=C(C)N=c2s/c(=C/c3cn(Cc4ccc([N+](=O)[O-])cc4)c4ccccc34)c(=O)n2[C@@H]1c1ccc(OC(C)C)c(OC)c1. The number of hydrogen-bond acceptors (Lipinski definition) is 9. The molecule has 0 aliphatic carbocycles. The van der Waals surface area contributed by atoms with Crippen molar-refractivity contribution < 1.29 is 23.9 Å². The summed E-state index contributed by atoms with van der Waals surface area (Å²) in [5, 5.41) is 12.1. The van der Waals surface area contributed by atoms with Crippen LogP contribution in [0.5, 0.6) is 11.5 Å². The summed E-state index contributed by atoms with van der Waals surface area (Å²) < 4.78 is 21.1. The minimum Gasteiger partial charge on any atom is -0.493 e. The van der Waals surface area contributed by atoms with Crippen molar-refractivity contribution >= 4 is 40.0 Å². The van der Waals surface area contributed by atoms with Gasteiger partial charge in [-0.15, -0.1) is 0 Å². The number of non-ortho nitro benzene ring substituents is 1. The summed E-state index contributed by atoms with van der Waals surface area (Å²) >= 11 is 1.25. The number of ether oxygens (including phenoxy) is 3. The number of para-hydroxylation sites is 1. The highest BCUT2D eigenvalue weighted by molar-refractivity contribution is 7.07. The fourth-order valence-electron chi connectivity index (χ4n) is 5.89. The monoisotopic (exact) mass is 666 g/mol. The zero-order valence-corrected chi connectivity index (χ0v) is 27.9. The van der Waals surface area contributed by atoms with Crippen LogP contribution in [0.3, 0.4) is 0 Å². The number of rotatable bonds is 10. The van der Waals surface area contributed by atoms with Gasteiger partial charge < -0.3 is 18.8 Å². The van der Waals surface area contributed by atoms with Crippen LogP contribution in [-0.4, -0.2) is 39.8 Å². The molecule has 1 aliphatic rings. The van der Waals surface area contributed by atoms with Crippen LogP contribution in [0.1, 0.15) is 50.4 Å². The minimum absolute atomic E-state index is 0.0325. The van der Waals surface area contributed by atoms with Gasteiger partial charge in [-0.2, -0.15) is 0 Å². The van der Waals surface area contributed by atoms with E-state index in [1.165, 1.54) is 23.5 Å². The van der Waals surface area contributed by atoms with Gasteiger partial charge in [0.25, 0.3) is 11.2 Å². The molecular weight excluding hydrogens is 632 g/mol. The van der Waals surface area contributed by atoms with Crippen LogP contribution in [0.15, 0.2) is 94.0 Å². The summed E-state index contributed by atoms with van der Waals surface area (Å²) in [5.41, 5.74) is 3.79. The Kier molecular flexibility index (Phi) is 9.01. The first-order valence-corrected chi connectivity index (χ1v) is 16.3. The molecular formula is C36H34N4O7S. The molecule has 246 valence electrons. The Hall–Kier alpha value is -5.49. The lowest BCUT2D eigenvalue weighted by Crippen LogP contribution is -2.40. The second-order valence-corrected chi connectivity index (χ2v) is 12.5. The van der Waals surface area contributed by atoms with Crippen LogP contribution in [0.4, 0.5) is 5.69 Å². The Morgan fingerprint density at radius 3 is 2.54 bits per heavy atom. The van der Waals surface area contributed by atoms with Crippen LogP contribution in [0.25, 0.3) is 17.0 Å².